The van der Waals surface area contributed by atoms with Gasteiger partial charge >= 0.3 is 14.0 Å². The molecule has 38 heavy (non-hydrogen) atoms. The predicted octanol–water partition coefficient (Wildman–Crippen LogP) is 11.3. The molecule has 0 N–H and O–H groups in total. The van der Waals surface area contributed by atoms with Crippen molar-refractivity contribution in [1.29, 1.82) is 0 Å². The molecular formula is C30H61O6PS. The van der Waals surface area contributed by atoms with E-state index in [0.717, 1.165) is 18.6 Å². The third-order valence-corrected chi connectivity index (χ3v) is 9.50. The highest BCUT2D eigenvalue weighted by atomic mass is 32.2. The van der Waals surface area contributed by atoms with E-state index in [1.807, 2.05) is 25.6 Å². The summed E-state index contributed by atoms with van der Waals surface area (Å²) >= 11 is 1.90. The zero-order valence-corrected chi connectivity index (χ0v) is 27.4. The first-order valence-corrected chi connectivity index (χ1v) is 18.2. The topological polar surface area (TPSA) is 71.1 Å². The van der Waals surface area contributed by atoms with E-state index in [1.165, 1.54) is 96.3 Å². The zero-order valence-electron chi connectivity index (χ0n) is 25.7. The Balaban J connectivity index is 4.76. The quantitative estimate of drug-likeness (QED) is 0.0543. The Hall–Kier alpha value is -0.230. The molecule has 0 amide bonds. The molecule has 228 valence electrons. The number of carbonyl (C=O) groups excluding carboxylic acids is 1. The molecule has 0 rings (SSSR count). The molecule has 0 aromatic heterocycles. The summed E-state index contributed by atoms with van der Waals surface area (Å²) in [6, 6.07) is 0. The molecule has 0 bridgehead atoms. The molecule has 0 aromatic carbocycles. The van der Waals surface area contributed by atoms with E-state index in [1.54, 1.807) is 13.8 Å². The van der Waals surface area contributed by atoms with Crippen LogP contribution in [-0.2, 0) is 22.9 Å². The van der Waals surface area contributed by atoms with Crippen molar-refractivity contribution in [3.05, 3.63) is 0 Å². The Morgan fingerprint density at radius 2 is 1.21 bits per heavy atom. The van der Waals surface area contributed by atoms with E-state index in [-0.39, 0.29) is 24.1 Å². The number of rotatable bonds is 27. The minimum Gasteiger partial charge on any atom is -0.431 e. The minimum atomic E-state index is -4.07. The number of phosphoric acid groups is 1. The normalized spacial score (nSPS) is 14.8. The summed E-state index contributed by atoms with van der Waals surface area (Å²) in [5.74, 6) is 1.06. The highest BCUT2D eigenvalue weighted by Crippen LogP contribution is 2.52. The van der Waals surface area contributed by atoms with Crippen LogP contribution in [0.2, 0.25) is 0 Å². The Morgan fingerprint density at radius 3 is 1.71 bits per heavy atom. The van der Waals surface area contributed by atoms with Crippen molar-refractivity contribution in [2.75, 3.05) is 12.4 Å². The lowest BCUT2D eigenvalue weighted by molar-refractivity contribution is 0.0418. The highest BCUT2D eigenvalue weighted by molar-refractivity contribution is 7.99. The third kappa shape index (κ3) is 22.6. The molecular weight excluding hydrogens is 519 g/mol. The molecule has 0 saturated carbocycles. The highest BCUT2D eigenvalue weighted by Gasteiger charge is 2.36. The van der Waals surface area contributed by atoms with Crippen LogP contribution in [0.15, 0.2) is 0 Å². The summed E-state index contributed by atoms with van der Waals surface area (Å²) in [6.45, 7) is 11.9. The summed E-state index contributed by atoms with van der Waals surface area (Å²) < 4.78 is 34.8. The molecule has 0 aliphatic rings. The number of phosphoric ester groups is 1. The molecule has 3 unspecified atom stereocenters. The van der Waals surface area contributed by atoms with Crippen LogP contribution in [0.5, 0.6) is 0 Å². The monoisotopic (exact) mass is 580 g/mol. The number of carbonyl (C=O) groups is 1. The van der Waals surface area contributed by atoms with Gasteiger partial charge in [-0.3, -0.25) is 9.05 Å². The van der Waals surface area contributed by atoms with Crippen molar-refractivity contribution in [1.82, 2.24) is 0 Å². The van der Waals surface area contributed by atoms with Gasteiger partial charge in [0.25, 0.3) is 0 Å². The smallest absolute Gasteiger partial charge is 0.431 e. The lowest BCUT2D eigenvalue weighted by Crippen LogP contribution is -2.25. The van der Waals surface area contributed by atoms with Crippen LogP contribution in [0.4, 0.5) is 4.79 Å². The van der Waals surface area contributed by atoms with Crippen molar-refractivity contribution in [3.63, 3.8) is 0 Å². The molecule has 0 aliphatic heterocycles. The van der Waals surface area contributed by atoms with Gasteiger partial charge in [0.1, 0.15) is 0 Å². The van der Waals surface area contributed by atoms with Gasteiger partial charge < -0.3 is 9.26 Å². The van der Waals surface area contributed by atoms with Crippen LogP contribution in [-0.4, -0.2) is 36.0 Å². The Morgan fingerprint density at radius 1 is 0.711 bits per heavy atom. The first-order valence-electron chi connectivity index (χ1n) is 15.7. The second-order valence-electron chi connectivity index (χ2n) is 10.7. The summed E-state index contributed by atoms with van der Waals surface area (Å²) in [4.78, 5) is 12.1. The summed E-state index contributed by atoms with van der Waals surface area (Å²) in [5, 5.41) is 0.169. The summed E-state index contributed by atoms with van der Waals surface area (Å²) in [5.41, 5.74) is 0. The summed E-state index contributed by atoms with van der Waals surface area (Å²) in [6.07, 6.45) is 20.5. The fourth-order valence-corrected chi connectivity index (χ4v) is 7.02. The Bertz CT molecular complexity index is 589. The number of hydrogen-bond acceptors (Lipinski definition) is 7. The van der Waals surface area contributed by atoms with Gasteiger partial charge in [0.2, 0.25) is 0 Å². The number of thioether (sulfide) groups is 1. The fraction of sp³-hybridized carbons (Fsp3) is 0.967. The van der Waals surface area contributed by atoms with Crippen LogP contribution in [0, 0.1) is 0 Å². The number of hydrogen-bond donors (Lipinski definition) is 0. The van der Waals surface area contributed by atoms with E-state index in [9.17, 15) is 9.36 Å². The van der Waals surface area contributed by atoms with Gasteiger partial charge in [0, 0.05) is 5.25 Å². The van der Waals surface area contributed by atoms with Gasteiger partial charge in [-0.05, 0) is 45.8 Å². The van der Waals surface area contributed by atoms with Crippen molar-refractivity contribution < 1.29 is 27.7 Å². The molecule has 8 heteroatoms. The van der Waals surface area contributed by atoms with Crippen LogP contribution in [0.25, 0.3) is 0 Å². The molecule has 0 heterocycles. The van der Waals surface area contributed by atoms with Crippen LogP contribution >= 0.6 is 19.6 Å². The molecule has 0 fully saturated rings. The van der Waals surface area contributed by atoms with Gasteiger partial charge in [-0.2, -0.15) is 11.8 Å². The second kappa shape index (κ2) is 25.7. The van der Waals surface area contributed by atoms with Gasteiger partial charge in [0.15, 0.2) is 0 Å². The first-order chi connectivity index (χ1) is 18.3. The Labute approximate surface area is 240 Å². The average molecular weight is 581 g/mol. The van der Waals surface area contributed by atoms with E-state index in [4.69, 9.17) is 18.3 Å². The van der Waals surface area contributed by atoms with E-state index in [2.05, 4.69) is 13.8 Å². The molecule has 0 radical (unpaired) electrons. The van der Waals surface area contributed by atoms with Crippen molar-refractivity contribution >= 4 is 25.7 Å². The maximum Gasteiger partial charge on any atom is 0.534 e. The average Bonchev–Trinajstić information content (AvgIpc) is 2.86. The van der Waals surface area contributed by atoms with Crippen LogP contribution < -0.4 is 0 Å². The van der Waals surface area contributed by atoms with Crippen LogP contribution in [0.1, 0.15) is 157 Å². The van der Waals surface area contributed by atoms with E-state index in [0.29, 0.717) is 6.42 Å². The zero-order chi connectivity index (χ0) is 28.5. The maximum absolute atomic E-state index is 13.3. The minimum absolute atomic E-state index is 0.169. The Kier molecular flexibility index (Phi) is 25.6. The van der Waals surface area contributed by atoms with Gasteiger partial charge in [-0.15, -0.1) is 0 Å². The van der Waals surface area contributed by atoms with E-state index < -0.39 is 14.0 Å². The SMILES string of the molecule is CCCCCCCCCCCCSC(CCCCCCCC)C(C)OP(=O)(OCCC)OC(=O)OC(C)C. The van der Waals surface area contributed by atoms with E-state index >= 15 is 0 Å². The third-order valence-electron chi connectivity index (χ3n) is 6.46. The summed E-state index contributed by atoms with van der Waals surface area (Å²) in [7, 11) is -4.07. The number of unbranched alkanes of at least 4 members (excludes halogenated alkanes) is 14. The van der Waals surface area contributed by atoms with Gasteiger partial charge in [0.05, 0.1) is 18.8 Å². The largest absolute Gasteiger partial charge is 0.534 e. The van der Waals surface area contributed by atoms with Crippen molar-refractivity contribution in [2.24, 2.45) is 0 Å². The van der Waals surface area contributed by atoms with Gasteiger partial charge in [-0.25, -0.2) is 9.36 Å². The predicted molar refractivity (Wildman–Crippen MR) is 163 cm³/mol. The van der Waals surface area contributed by atoms with Crippen LogP contribution in [0.3, 0.4) is 0 Å². The molecule has 3 atom stereocenters. The second-order valence-corrected chi connectivity index (χ2v) is 13.6. The van der Waals surface area contributed by atoms with Gasteiger partial charge in [-0.1, -0.05) is 117 Å². The standard InChI is InChI=1S/C30H61O6PS/c1-7-10-12-14-16-17-18-19-21-23-26-38-29(24-22-20-15-13-11-8-2)28(6)35-37(32,33-25-9-3)36-30(31)34-27(4)5/h27-29H,7-26H2,1-6H3. The first kappa shape index (κ1) is 37.8. The molecule has 0 aliphatic carbocycles. The molecule has 6 nitrogen and oxygen atoms in total. The maximum atomic E-state index is 13.3. The molecule has 0 saturated heterocycles. The fourth-order valence-electron chi connectivity index (χ4n) is 4.26. The molecule has 0 spiro atoms. The van der Waals surface area contributed by atoms with Crippen molar-refractivity contribution in [3.8, 4) is 0 Å². The lowest BCUT2D eigenvalue weighted by atomic mass is 10.1. The number of ether oxygens (including phenoxy) is 1. The molecule has 0 aromatic rings. The lowest BCUT2D eigenvalue weighted by Gasteiger charge is -2.27. The van der Waals surface area contributed by atoms with Crippen molar-refractivity contribution in [2.45, 2.75) is 175 Å².